The Kier molecular flexibility index (Phi) is 3.19. The lowest BCUT2D eigenvalue weighted by Gasteiger charge is -1.96. The predicted molar refractivity (Wildman–Crippen MR) is 90.5 cm³/mol. The van der Waals surface area contributed by atoms with E-state index in [4.69, 9.17) is 8.97 Å². The third-order valence-corrected chi connectivity index (χ3v) is 5.72. The van der Waals surface area contributed by atoms with Crippen LogP contribution in [0.1, 0.15) is 5.01 Å². The summed E-state index contributed by atoms with van der Waals surface area (Å²) >= 11 is 1.58. The number of furan rings is 1. The van der Waals surface area contributed by atoms with Gasteiger partial charge in [-0.1, -0.05) is 29.5 Å². The van der Waals surface area contributed by atoms with Crippen molar-refractivity contribution in [3.63, 3.8) is 0 Å². The molecule has 0 radical (unpaired) electrons. The minimum Gasteiger partial charge on any atom is -0.456 e. The Morgan fingerprint density at radius 2 is 1.96 bits per heavy atom. The van der Waals surface area contributed by atoms with Gasteiger partial charge in [0.1, 0.15) is 21.6 Å². The normalized spacial score (nSPS) is 12.6. The van der Waals surface area contributed by atoms with Crippen molar-refractivity contribution in [3.05, 3.63) is 41.4 Å². The number of aryl methyl sites for hydroxylation is 2. The Bertz CT molecular complexity index is 1160. The van der Waals surface area contributed by atoms with Gasteiger partial charge in [-0.15, -0.1) is 0 Å². The Labute approximate surface area is 136 Å². The Hall–Kier alpha value is -1.96. The van der Waals surface area contributed by atoms with Crippen LogP contribution in [-0.2, 0) is 16.7 Å². The highest BCUT2D eigenvalue weighted by Gasteiger charge is 2.21. The zero-order valence-electron chi connectivity index (χ0n) is 12.3. The second-order valence-corrected chi connectivity index (χ2v) is 8.28. The van der Waals surface area contributed by atoms with E-state index in [1.165, 1.54) is 0 Å². The molecule has 1 N–H and O–H groups in total. The van der Waals surface area contributed by atoms with Gasteiger partial charge in [-0.05, 0) is 6.07 Å². The van der Waals surface area contributed by atoms with Crippen LogP contribution >= 0.6 is 11.3 Å². The molecule has 2 heterocycles. The van der Waals surface area contributed by atoms with Gasteiger partial charge in [0.15, 0.2) is 6.54 Å². The summed E-state index contributed by atoms with van der Waals surface area (Å²) in [4.78, 5) is 0. The van der Waals surface area contributed by atoms with E-state index in [2.05, 4.69) is 0 Å². The first-order valence-electron chi connectivity index (χ1n) is 7.12. The fourth-order valence-corrected chi connectivity index (χ4v) is 4.37. The molecule has 0 spiro atoms. The summed E-state index contributed by atoms with van der Waals surface area (Å²) in [6.07, 6.45) is 0. The topological polar surface area (TPSA) is 71.4 Å². The van der Waals surface area contributed by atoms with Crippen molar-refractivity contribution in [2.45, 2.75) is 13.5 Å². The second kappa shape index (κ2) is 5.02. The number of para-hydroxylation sites is 1. The Balaban J connectivity index is 1.96. The number of nitrogens with zero attached hydrogens (tertiary/aromatic N) is 1. The first kappa shape index (κ1) is 14.6. The summed E-state index contributed by atoms with van der Waals surface area (Å²) in [7, 11) is -3.99. The third-order valence-electron chi connectivity index (χ3n) is 3.96. The molecule has 118 valence electrons. The zero-order chi connectivity index (χ0) is 16.2. The fourth-order valence-electron chi connectivity index (χ4n) is 2.90. The lowest BCUT2D eigenvalue weighted by Crippen LogP contribution is -2.38. The second-order valence-electron chi connectivity index (χ2n) is 5.47. The van der Waals surface area contributed by atoms with E-state index in [1.807, 2.05) is 47.9 Å². The zero-order valence-corrected chi connectivity index (χ0v) is 13.9. The highest BCUT2D eigenvalue weighted by Crippen LogP contribution is 2.33. The maximum Gasteiger partial charge on any atom is 0.271 e. The Morgan fingerprint density at radius 3 is 2.74 bits per heavy atom. The highest BCUT2D eigenvalue weighted by atomic mass is 32.2. The van der Waals surface area contributed by atoms with Crippen molar-refractivity contribution in [1.82, 2.24) is 0 Å². The summed E-state index contributed by atoms with van der Waals surface area (Å²) in [6, 6.07) is 11.9. The summed E-state index contributed by atoms with van der Waals surface area (Å²) in [6.45, 7) is 2.17. The van der Waals surface area contributed by atoms with Crippen LogP contribution in [-0.4, -0.2) is 18.7 Å². The van der Waals surface area contributed by atoms with Crippen LogP contribution in [0.15, 0.2) is 40.8 Å². The van der Waals surface area contributed by atoms with E-state index < -0.39 is 10.1 Å². The quantitative estimate of drug-likeness (QED) is 0.455. The molecule has 2 aromatic carbocycles. The molecule has 7 heteroatoms. The smallest absolute Gasteiger partial charge is 0.271 e. The van der Waals surface area contributed by atoms with E-state index >= 15 is 0 Å². The molecule has 0 unspecified atom stereocenters. The van der Waals surface area contributed by atoms with Crippen molar-refractivity contribution >= 4 is 53.6 Å². The molecule has 0 saturated carbocycles. The predicted octanol–water partition coefficient (Wildman–Crippen LogP) is 3.28. The standard InChI is InChI=1S/C16H13NO4S2/c1-10-17(6-7-23(18,19)20)13-8-12-11-4-2-3-5-14(11)21-15(12)9-16(13)22-10/h2-5,8-9H,6-7H2,1H3/p+1. The van der Waals surface area contributed by atoms with Crippen LogP contribution in [0, 0.1) is 6.92 Å². The third kappa shape index (κ3) is 2.50. The largest absolute Gasteiger partial charge is 0.456 e. The number of benzene rings is 2. The van der Waals surface area contributed by atoms with Crippen LogP contribution in [0.4, 0.5) is 0 Å². The van der Waals surface area contributed by atoms with Gasteiger partial charge in [0, 0.05) is 29.8 Å². The molecule has 0 aliphatic heterocycles. The lowest BCUT2D eigenvalue weighted by molar-refractivity contribution is -0.668. The number of fused-ring (bicyclic) bond motifs is 4. The van der Waals surface area contributed by atoms with E-state index in [1.54, 1.807) is 11.3 Å². The van der Waals surface area contributed by atoms with Gasteiger partial charge in [-0.25, -0.2) is 0 Å². The van der Waals surface area contributed by atoms with Crippen LogP contribution < -0.4 is 4.57 Å². The van der Waals surface area contributed by atoms with Gasteiger partial charge in [-0.3, -0.25) is 4.55 Å². The monoisotopic (exact) mass is 348 g/mol. The molecule has 4 rings (SSSR count). The van der Waals surface area contributed by atoms with Crippen molar-refractivity contribution in [2.24, 2.45) is 0 Å². The maximum atomic E-state index is 11.1. The summed E-state index contributed by atoms with van der Waals surface area (Å²) in [5, 5.41) is 3.03. The highest BCUT2D eigenvalue weighted by molar-refractivity contribution is 7.85. The van der Waals surface area contributed by atoms with Crippen molar-refractivity contribution < 1.29 is 22.0 Å². The average molecular weight is 348 g/mol. The van der Waals surface area contributed by atoms with Crippen molar-refractivity contribution in [2.75, 3.05) is 5.75 Å². The number of rotatable bonds is 3. The molecule has 2 aromatic heterocycles. The van der Waals surface area contributed by atoms with Crippen LogP contribution in [0.2, 0.25) is 0 Å². The van der Waals surface area contributed by atoms with Gasteiger partial charge in [0.05, 0.1) is 0 Å². The SMILES string of the molecule is Cc1sc2cc3oc4ccccc4c3cc2[n+]1CCS(=O)(=O)O. The van der Waals surface area contributed by atoms with Crippen LogP contribution in [0.25, 0.3) is 32.2 Å². The minimum atomic E-state index is -3.99. The van der Waals surface area contributed by atoms with Crippen LogP contribution in [0.5, 0.6) is 0 Å². The van der Waals surface area contributed by atoms with Gasteiger partial charge in [0.25, 0.3) is 10.1 Å². The van der Waals surface area contributed by atoms with Gasteiger partial charge in [-0.2, -0.15) is 13.0 Å². The molecule has 0 bridgehead atoms. The molecular formula is C16H14NO4S2+. The molecule has 0 aliphatic carbocycles. The first-order valence-corrected chi connectivity index (χ1v) is 9.54. The lowest BCUT2D eigenvalue weighted by atomic mass is 10.1. The number of hydrogen-bond donors (Lipinski definition) is 1. The number of aromatic nitrogens is 1. The van der Waals surface area contributed by atoms with E-state index in [-0.39, 0.29) is 12.3 Å². The molecule has 4 aromatic rings. The number of thiazole rings is 1. The summed E-state index contributed by atoms with van der Waals surface area (Å²) < 4.78 is 40.0. The van der Waals surface area contributed by atoms with Crippen molar-refractivity contribution in [1.29, 1.82) is 0 Å². The van der Waals surface area contributed by atoms with E-state index in [0.29, 0.717) is 0 Å². The Morgan fingerprint density at radius 1 is 1.17 bits per heavy atom. The molecule has 0 saturated heterocycles. The van der Waals surface area contributed by atoms with Gasteiger partial charge in [0.2, 0.25) is 10.5 Å². The molecule has 0 atom stereocenters. The molecule has 0 fully saturated rings. The maximum absolute atomic E-state index is 11.1. The molecule has 23 heavy (non-hydrogen) atoms. The average Bonchev–Trinajstić information content (AvgIpc) is 2.98. The van der Waals surface area contributed by atoms with Crippen molar-refractivity contribution in [3.8, 4) is 0 Å². The molecule has 5 nitrogen and oxygen atoms in total. The van der Waals surface area contributed by atoms with Gasteiger partial charge < -0.3 is 4.42 Å². The summed E-state index contributed by atoms with van der Waals surface area (Å²) in [5.41, 5.74) is 2.61. The summed E-state index contributed by atoms with van der Waals surface area (Å²) in [5.74, 6) is -0.297. The minimum absolute atomic E-state index is 0.228. The fraction of sp³-hybridized carbons (Fsp3) is 0.188. The van der Waals surface area contributed by atoms with Gasteiger partial charge >= 0.3 is 0 Å². The molecular weight excluding hydrogens is 334 g/mol. The first-order chi connectivity index (χ1) is 10.9. The van der Waals surface area contributed by atoms with E-state index in [9.17, 15) is 8.42 Å². The molecule has 0 amide bonds. The number of hydrogen-bond acceptors (Lipinski definition) is 4. The molecule has 0 aliphatic rings. The van der Waals surface area contributed by atoms with E-state index in [0.717, 1.165) is 37.2 Å². The van der Waals surface area contributed by atoms with Crippen LogP contribution in [0.3, 0.4) is 0 Å².